The molecule has 2 amide bonds. The average Bonchev–Trinajstić information content (AvgIpc) is 2.88. The number of rotatable bonds is 3. The van der Waals surface area contributed by atoms with E-state index >= 15 is 0 Å². The lowest BCUT2D eigenvalue weighted by Gasteiger charge is -2.07. The van der Waals surface area contributed by atoms with E-state index in [1.54, 1.807) is 24.3 Å². The molecule has 0 aliphatic carbocycles. The molecule has 0 aliphatic rings. The van der Waals surface area contributed by atoms with Crippen LogP contribution in [-0.4, -0.2) is 27.3 Å². The number of oxime groups is 1. The molecule has 0 fully saturated rings. The fourth-order valence-electron chi connectivity index (χ4n) is 1.44. The maximum atomic E-state index is 11.8. The summed E-state index contributed by atoms with van der Waals surface area (Å²) in [4.78, 5) is 11.8. The maximum Gasteiger partial charge on any atom is 0.324 e. The standard InChI is InChI=1S/C11H11ClN6O2/c12-6-1-3-7(4-2-6)15-11(19)16-10-8(5-14-17-10)9(13)18-20/h1-5,20H,(H2,13,18)(H3,14,15,16,17,19). The number of H-pyrrole nitrogens is 1. The number of aromatic amines is 1. The molecule has 9 heteroatoms. The minimum atomic E-state index is -0.511. The van der Waals surface area contributed by atoms with Crippen LogP contribution in [0.3, 0.4) is 0 Å². The molecule has 8 nitrogen and oxygen atoms in total. The van der Waals surface area contributed by atoms with Crippen molar-refractivity contribution in [3.05, 3.63) is 41.0 Å². The van der Waals surface area contributed by atoms with E-state index in [9.17, 15) is 4.79 Å². The van der Waals surface area contributed by atoms with Gasteiger partial charge in [-0.3, -0.25) is 10.4 Å². The van der Waals surface area contributed by atoms with E-state index in [1.165, 1.54) is 6.20 Å². The molecule has 0 unspecified atom stereocenters. The highest BCUT2D eigenvalue weighted by Crippen LogP contribution is 2.14. The Morgan fingerprint density at radius 1 is 1.35 bits per heavy atom. The molecule has 2 rings (SSSR count). The fourth-order valence-corrected chi connectivity index (χ4v) is 1.56. The van der Waals surface area contributed by atoms with Gasteiger partial charge < -0.3 is 16.3 Å². The van der Waals surface area contributed by atoms with Crippen LogP contribution in [0.1, 0.15) is 5.56 Å². The van der Waals surface area contributed by atoms with E-state index in [-0.39, 0.29) is 17.2 Å². The van der Waals surface area contributed by atoms with E-state index in [4.69, 9.17) is 22.5 Å². The Morgan fingerprint density at radius 3 is 2.70 bits per heavy atom. The molecule has 0 saturated heterocycles. The predicted octanol–water partition coefficient (Wildman–Crippen LogP) is 1.80. The first-order valence-electron chi connectivity index (χ1n) is 5.45. The first kappa shape index (κ1) is 13.7. The first-order valence-corrected chi connectivity index (χ1v) is 5.83. The average molecular weight is 295 g/mol. The number of aromatic nitrogens is 2. The third-order valence-corrected chi connectivity index (χ3v) is 2.62. The Morgan fingerprint density at radius 2 is 2.05 bits per heavy atom. The summed E-state index contributed by atoms with van der Waals surface area (Å²) in [6, 6.07) is 6.09. The first-order chi connectivity index (χ1) is 9.60. The summed E-state index contributed by atoms with van der Waals surface area (Å²) in [5, 5.41) is 23.3. The zero-order valence-electron chi connectivity index (χ0n) is 10.1. The van der Waals surface area contributed by atoms with Crippen LogP contribution in [0.15, 0.2) is 35.6 Å². The lowest BCUT2D eigenvalue weighted by atomic mass is 10.3. The van der Waals surface area contributed by atoms with Crippen molar-refractivity contribution in [2.24, 2.45) is 10.9 Å². The summed E-state index contributed by atoms with van der Waals surface area (Å²) in [6.07, 6.45) is 1.33. The summed E-state index contributed by atoms with van der Waals surface area (Å²) in [5.74, 6) is 0.0484. The SMILES string of the molecule is NC(=NO)c1cn[nH]c1NC(=O)Nc1ccc(Cl)cc1. The van der Waals surface area contributed by atoms with Gasteiger partial charge in [-0.15, -0.1) is 0 Å². The van der Waals surface area contributed by atoms with E-state index in [1.807, 2.05) is 0 Å². The monoisotopic (exact) mass is 294 g/mol. The van der Waals surface area contributed by atoms with Crippen molar-refractivity contribution < 1.29 is 10.0 Å². The van der Waals surface area contributed by atoms with Crippen molar-refractivity contribution in [2.75, 3.05) is 10.6 Å². The number of hydrogen-bond donors (Lipinski definition) is 5. The number of hydrogen-bond acceptors (Lipinski definition) is 4. The fraction of sp³-hybridized carbons (Fsp3) is 0. The Hall–Kier alpha value is -2.74. The largest absolute Gasteiger partial charge is 0.409 e. The number of urea groups is 1. The quantitative estimate of drug-likeness (QED) is 0.256. The topological polar surface area (TPSA) is 128 Å². The summed E-state index contributed by atoms with van der Waals surface area (Å²) in [6.45, 7) is 0. The van der Waals surface area contributed by atoms with Crippen LogP contribution in [0.2, 0.25) is 5.02 Å². The highest BCUT2D eigenvalue weighted by Gasteiger charge is 2.12. The molecule has 20 heavy (non-hydrogen) atoms. The van der Waals surface area contributed by atoms with Gasteiger partial charge in [0.1, 0.15) is 5.82 Å². The highest BCUT2D eigenvalue weighted by atomic mass is 35.5. The summed E-state index contributed by atoms with van der Waals surface area (Å²) in [7, 11) is 0. The molecular formula is C11H11ClN6O2. The smallest absolute Gasteiger partial charge is 0.324 e. The number of nitrogens with zero attached hydrogens (tertiary/aromatic N) is 2. The molecule has 0 spiro atoms. The van der Waals surface area contributed by atoms with Crippen molar-refractivity contribution >= 4 is 35.0 Å². The lowest BCUT2D eigenvalue weighted by Crippen LogP contribution is -2.22. The zero-order chi connectivity index (χ0) is 14.5. The van der Waals surface area contributed by atoms with Crippen LogP contribution in [0.5, 0.6) is 0 Å². The molecular weight excluding hydrogens is 284 g/mol. The Labute approximate surface area is 118 Å². The van der Waals surface area contributed by atoms with Gasteiger partial charge in [0, 0.05) is 10.7 Å². The number of halogens is 1. The van der Waals surface area contributed by atoms with Crippen LogP contribution in [-0.2, 0) is 0 Å². The zero-order valence-corrected chi connectivity index (χ0v) is 10.8. The van der Waals surface area contributed by atoms with E-state index in [0.717, 1.165) is 0 Å². The van der Waals surface area contributed by atoms with Gasteiger partial charge in [-0.1, -0.05) is 16.8 Å². The van der Waals surface area contributed by atoms with Gasteiger partial charge in [0.15, 0.2) is 5.84 Å². The molecule has 6 N–H and O–H groups in total. The van der Waals surface area contributed by atoms with Gasteiger partial charge in [-0.05, 0) is 24.3 Å². The van der Waals surface area contributed by atoms with Gasteiger partial charge in [0.05, 0.1) is 11.8 Å². The molecule has 2 aromatic rings. The van der Waals surface area contributed by atoms with Crippen molar-refractivity contribution in [1.29, 1.82) is 0 Å². The van der Waals surface area contributed by atoms with Crippen molar-refractivity contribution in [1.82, 2.24) is 10.2 Å². The predicted molar refractivity (Wildman–Crippen MR) is 75.2 cm³/mol. The summed E-state index contributed by atoms with van der Waals surface area (Å²) in [5.41, 5.74) is 6.28. The van der Waals surface area contributed by atoms with E-state index in [2.05, 4.69) is 26.0 Å². The number of carbonyl (C=O) groups is 1. The third-order valence-electron chi connectivity index (χ3n) is 2.36. The second-order valence-corrected chi connectivity index (χ2v) is 4.17. The molecule has 1 heterocycles. The molecule has 0 bridgehead atoms. The molecule has 0 radical (unpaired) electrons. The lowest BCUT2D eigenvalue weighted by molar-refractivity contribution is 0.262. The Kier molecular flexibility index (Phi) is 4.06. The number of amidine groups is 1. The third kappa shape index (κ3) is 3.18. The summed E-state index contributed by atoms with van der Waals surface area (Å²) < 4.78 is 0. The molecule has 104 valence electrons. The number of carbonyl (C=O) groups excluding carboxylic acids is 1. The molecule has 0 aliphatic heterocycles. The Balaban J connectivity index is 2.05. The molecule has 1 aromatic heterocycles. The van der Waals surface area contributed by atoms with Crippen LogP contribution >= 0.6 is 11.6 Å². The van der Waals surface area contributed by atoms with E-state index < -0.39 is 6.03 Å². The minimum absolute atomic E-state index is 0.166. The maximum absolute atomic E-state index is 11.8. The van der Waals surface area contributed by atoms with Gasteiger partial charge in [0.25, 0.3) is 0 Å². The van der Waals surface area contributed by atoms with E-state index in [0.29, 0.717) is 10.7 Å². The normalized spacial score (nSPS) is 11.2. The number of nitrogens with one attached hydrogen (secondary N) is 3. The van der Waals surface area contributed by atoms with Crippen molar-refractivity contribution in [2.45, 2.75) is 0 Å². The van der Waals surface area contributed by atoms with Crippen LogP contribution in [0.25, 0.3) is 0 Å². The second-order valence-electron chi connectivity index (χ2n) is 3.73. The highest BCUT2D eigenvalue weighted by molar-refractivity contribution is 6.30. The van der Waals surface area contributed by atoms with Crippen LogP contribution in [0, 0.1) is 0 Å². The second kappa shape index (κ2) is 5.93. The molecule has 1 aromatic carbocycles. The summed E-state index contributed by atoms with van der Waals surface area (Å²) >= 11 is 5.74. The van der Waals surface area contributed by atoms with Gasteiger partial charge in [-0.2, -0.15) is 5.10 Å². The molecule has 0 saturated carbocycles. The van der Waals surface area contributed by atoms with Crippen molar-refractivity contribution in [3.8, 4) is 0 Å². The van der Waals surface area contributed by atoms with Crippen molar-refractivity contribution in [3.63, 3.8) is 0 Å². The van der Waals surface area contributed by atoms with Crippen LogP contribution in [0.4, 0.5) is 16.3 Å². The molecule has 0 atom stereocenters. The van der Waals surface area contributed by atoms with Crippen LogP contribution < -0.4 is 16.4 Å². The number of anilines is 2. The van der Waals surface area contributed by atoms with Gasteiger partial charge >= 0.3 is 6.03 Å². The number of benzene rings is 1. The number of amides is 2. The van der Waals surface area contributed by atoms with Gasteiger partial charge in [0.2, 0.25) is 0 Å². The van der Waals surface area contributed by atoms with Gasteiger partial charge in [-0.25, -0.2) is 4.79 Å². The Bertz CT molecular complexity index is 637. The number of nitrogens with two attached hydrogens (primary N) is 1. The minimum Gasteiger partial charge on any atom is -0.409 e.